The minimum absolute atomic E-state index is 0.000000000000000222. The lowest BCUT2D eigenvalue weighted by atomic mass is 9.93. The summed E-state index contributed by atoms with van der Waals surface area (Å²) in [6.07, 6.45) is 0. The second-order valence-corrected chi connectivity index (χ2v) is 16.2. The fraction of sp³-hybridized carbons (Fsp3) is 0.0179. The zero-order valence-electron chi connectivity index (χ0n) is 38.3. The van der Waals surface area contributed by atoms with Gasteiger partial charge in [0, 0.05) is 71.2 Å². The van der Waals surface area contributed by atoms with Crippen LogP contribution < -0.4 is 17.2 Å². The van der Waals surface area contributed by atoms with Crippen LogP contribution >= 0.6 is 0 Å². The van der Waals surface area contributed by atoms with E-state index in [4.69, 9.17) is 17.2 Å². The highest BCUT2D eigenvalue weighted by Crippen LogP contribution is 2.36. The maximum atomic E-state index is 11.0. The lowest BCUT2D eigenvalue weighted by Gasteiger charge is -2.12. The Kier molecular flexibility index (Phi) is 15.3. The van der Waals surface area contributed by atoms with Gasteiger partial charge in [-0.1, -0.05) is 36.4 Å². The normalized spacial score (nSPS) is 10.4. The van der Waals surface area contributed by atoms with E-state index in [-0.39, 0.29) is 28.5 Å². The lowest BCUT2D eigenvalue weighted by Crippen LogP contribution is -1.92. The summed E-state index contributed by atoms with van der Waals surface area (Å²) in [6, 6.07) is 60.0. The van der Waals surface area contributed by atoms with Crippen LogP contribution in [0.1, 0.15) is 17.3 Å². The Hall–Kier alpha value is -10.4. The first-order valence-electron chi connectivity index (χ1n) is 21.9. The number of ketones is 1. The largest absolute Gasteiger partial charge is 0.399 e. The molecular weight excluding hydrogens is 915 g/mol. The molecule has 0 saturated heterocycles. The molecule has 0 fully saturated rings. The number of carbonyl (C=O) groups is 1. The predicted molar refractivity (Wildman–Crippen MR) is 282 cm³/mol. The summed E-state index contributed by atoms with van der Waals surface area (Å²) >= 11 is 0. The molecule has 0 atom stereocenters. The number of nitrogens with zero attached hydrogens (tertiary/aromatic N) is 4. The SMILES string of the molecule is CC(=O)c1ccc([N+](=O)[O-])cc1.Nc1ccc(-c2cc(-c3ccc(N)cc3)cc(-c3ccc(N)cc3)c2)cc1.O=[N+]([O-])c1ccc(-c2cc(-c3ccc([N+](=O)[O-])cc3)cc(-c3ccc([N+](=O)[O-])cc3)c2)cc1. The Morgan fingerprint density at radius 3 is 0.625 bits per heavy atom. The Morgan fingerprint density at radius 1 is 0.292 bits per heavy atom. The number of hydrogen-bond donors (Lipinski definition) is 3. The number of nitrogen functional groups attached to an aromatic ring is 3. The molecular formula is C56H43N7O9. The first kappa shape index (κ1) is 49.6. The fourth-order valence-electron chi connectivity index (χ4n) is 7.43. The number of nitro benzene ring substituents is 4. The van der Waals surface area contributed by atoms with Gasteiger partial charge in [-0.25, -0.2) is 0 Å². The third-order valence-corrected chi connectivity index (χ3v) is 11.3. The quantitative estimate of drug-likeness (QED) is 0.0473. The summed E-state index contributed by atoms with van der Waals surface area (Å²) in [5, 5.41) is 43.2. The van der Waals surface area contributed by atoms with Crippen LogP contribution in [0.2, 0.25) is 0 Å². The van der Waals surface area contributed by atoms with Crippen LogP contribution in [0.15, 0.2) is 206 Å². The summed E-state index contributed by atoms with van der Waals surface area (Å²) in [4.78, 5) is 52.0. The minimum atomic E-state index is -0.496. The van der Waals surface area contributed by atoms with Crippen molar-refractivity contribution in [3.63, 3.8) is 0 Å². The van der Waals surface area contributed by atoms with E-state index in [9.17, 15) is 45.3 Å². The number of Topliss-reactive ketones (excluding diaryl/α,β-unsaturated/α-hetero) is 1. The van der Waals surface area contributed by atoms with Crippen molar-refractivity contribution in [2.75, 3.05) is 17.2 Å². The number of hydrogen-bond acceptors (Lipinski definition) is 12. The smallest absolute Gasteiger partial charge is 0.269 e. The molecule has 0 aromatic heterocycles. The molecule has 0 amide bonds. The third kappa shape index (κ3) is 12.6. The number of rotatable bonds is 11. The van der Waals surface area contributed by atoms with Crippen molar-refractivity contribution >= 4 is 45.6 Å². The summed E-state index contributed by atoms with van der Waals surface area (Å²) in [6.45, 7) is 1.42. The average molecular weight is 958 g/mol. The topological polar surface area (TPSA) is 268 Å². The molecule has 0 aliphatic rings. The highest BCUT2D eigenvalue weighted by atomic mass is 16.6. The molecule has 0 heterocycles. The van der Waals surface area contributed by atoms with Crippen molar-refractivity contribution in [1.29, 1.82) is 0 Å². The highest BCUT2D eigenvalue weighted by molar-refractivity contribution is 5.94. The summed E-state index contributed by atoms with van der Waals surface area (Å²) in [5.41, 5.74) is 31.6. The van der Waals surface area contributed by atoms with Crippen molar-refractivity contribution < 1.29 is 24.5 Å². The van der Waals surface area contributed by atoms with E-state index in [0.29, 0.717) is 5.56 Å². The molecule has 9 rings (SSSR count). The number of nitrogens with two attached hydrogens (primary N) is 3. The third-order valence-electron chi connectivity index (χ3n) is 11.3. The van der Waals surface area contributed by atoms with Crippen molar-refractivity contribution in [2.24, 2.45) is 0 Å². The number of anilines is 3. The van der Waals surface area contributed by atoms with Crippen LogP contribution in [0.25, 0.3) is 66.8 Å². The number of benzene rings is 9. The van der Waals surface area contributed by atoms with Crippen LogP contribution in [0.5, 0.6) is 0 Å². The van der Waals surface area contributed by atoms with Crippen LogP contribution in [0.4, 0.5) is 39.8 Å². The molecule has 0 bridgehead atoms. The standard InChI is InChI=1S/C24H15N3O6.C24H21N3.C8H7NO3/c28-25(29)22-7-1-16(2-8-22)19-13-20(17-3-9-23(10-4-17)26(30)31)15-21(14-19)18-5-11-24(12-6-18)27(32)33;25-22-7-1-16(2-8-22)19-13-20(17-3-9-23(26)10-4-17)15-21(14-19)18-5-11-24(27)12-6-18;1-6(10)7-2-4-8(5-3-7)9(11)12/h1-15H;1-15H,25-27H2;2-5H,1H3. The van der Waals surface area contributed by atoms with Crippen LogP contribution in [0, 0.1) is 40.5 Å². The Labute approximate surface area is 411 Å². The maximum Gasteiger partial charge on any atom is 0.269 e. The monoisotopic (exact) mass is 957 g/mol. The van der Waals surface area contributed by atoms with E-state index < -0.39 is 19.7 Å². The van der Waals surface area contributed by atoms with Crippen LogP contribution in [0.3, 0.4) is 0 Å². The van der Waals surface area contributed by atoms with Crippen LogP contribution in [-0.4, -0.2) is 25.5 Å². The summed E-state index contributed by atoms with van der Waals surface area (Å²) < 4.78 is 0. The molecule has 16 heteroatoms. The molecule has 0 unspecified atom stereocenters. The van der Waals surface area contributed by atoms with Crippen molar-refractivity contribution in [1.82, 2.24) is 0 Å². The van der Waals surface area contributed by atoms with E-state index in [0.717, 1.165) is 83.8 Å². The molecule has 6 N–H and O–H groups in total. The van der Waals surface area contributed by atoms with E-state index in [1.165, 1.54) is 67.6 Å². The Morgan fingerprint density at radius 2 is 0.458 bits per heavy atom. The van der Waals surface area contributed by atoms with Gasteiger partial charge in [-0.15, -0.1) is 0 Å². The summed E-state index contributed by atoms with van der Waals surface area (Å²) in [5.74, 6) is -0.0927. The van der Waals surface area contributed by atoms with E-state index in [1.807, 2.05) is 91.0 Å². The van der Waals surface area contributed by atoms with E-state index in [2.05, 4.69) is 18.2 Å². The molecule has 16 nitrogen and oxygen atoms in total. The maximum absolute atomic E-state index is 11.0. The Bertz CT molecular complexity index is 3050. The first-order chi connectivity index (χ1) is 34.5. The molecule has 0 saturated carbocycles. The van der Waals surface area contributed by atoms with Crippen LogP contribution in [-0.2, 0) is 0 Å². The molecule has 0 aliphatic carbocycles. The fourth-order valence-corrected chi connectivity index (χ4v) is 7.43. The van der Waals surface area contributed by atoms with Gasteiger partial charge in [-0.3, -0.25) is 45.3 Å². The second-order valence-electron chi connectivity index (χ2n) is 16.2. The number of nitro groups is 4. The Balaban J connectivity index is 0.000000174. The predicted octanol–water partition coefficient (Wildman–Crippen LogP) is 13.6. The number of non-ortho nitro benzene ring substituents is 4. The van der Waals surface area contributed by atoms with Gasteiger partial charge in [-0.2, -0.15) is 0 Å². The van der Waals surface area contributed by atoms with Gasteiger partial charge in [0.1, 0.15) is 0 Å². The molecule has 9 aromatic carbocycles. The van der Waals surface area contributed by atoms with Gasteiger partial charge in [0.25, 0.3) is 22.7 Å². The van der Waals surface area contributed by atoms with Gasteiger partial charge in [0.05, 0.1) is 19.7 Å². The van der Waals surface area contributed by atoms with Gasteiger partial charge in [0.2, 0.25) is 0 Å². The van der Waals surface area contributed by atoms with Crippen molar-refractivity contribution in [3.05, 3.63) is 252 Å². The van der Waals surface area contributed by atoms with Gasteiger partial charge >= 0.3 is 0 Å². The second kappa shape index (κ2) is 22.2. The highest BCUT2D eigenvalue weighted by Gasteiger charge is 2.14. The minimum Gasteiger partial charge on any atom is -0.399 e. The van der Waals surface area contributed by atoms with Gasteiger partial charge in [-0.05, 0) is 195 Å². The van der Waals surface area contributed by atoms with E-state index in [1.54, 1.807) is 36.4 Å². The molecule has 0 aliphatic heterocycles. The first-order valence-corrected chi connectivity index (χ1v) is 21.9. The summed E-state index contributed by atoms with van der Waals surface area (Å²) in [7, 11) is 0. The average Bonchev–Trinajstić information content (AvgIpc) is 3.39. The zero-order valence-corrected chi connectivity index (χ0v) is 38.3. The molecule has 72 heavy (non-hydrogen) atoms. The number of carbonyl (C=O) groups excluding carboxylic acids is 1. The molecule has 0 radical (unpaired) electrons. The zero-order chi connectivity index (χ0) is 51.5. The van der Waals surface area contributed by atoms with Crippen molar-refractivity contribution in [2.45, 2.75) is 6.92 Å². The molecule has 9 aromatic rings. The van der Waals surface area contributed by atoms with Gasteiger partial charge in [0.15, 0.2) is 5.78 Å². The van der Waals surface area contributed by atoms with E-state index >= 15 is 0 Å². The molecule has 356 valence electrons. The molecule has 0 spiro atoms. The van der Waals surface area contributed by atoms with Gasteiger partial charge < -0.3 is 17.2 Å². The lowest BCUT2D eigenvalue weighted by molar-refractivity contribution is -0.385. The van der Waals surface area contributed by atoms with Crippen molar-refractivity contribution in [3.8, 4) is 66.8 Å².